The third-order valence-electron chi connectivity index (χ3n) is 12.9. The van der Waals surface area contributed by atoms with Crippen LogP contribution in [0.2, 0.25) is 0 Å². The molecule has 0 spiro atoms. The van der Waals surface area contributed by atoms with E-state index in [1.165, 1.54) is 74.5 Å². The Morgan fingerprint density at radius 2 is 0.703 bits per heavy atom. The lowest BCUT2D eigenvalue weighted by molar-refractivity contribution is 0.717. The summed E-state index contributed by atoms with van der Waals surface area (Å²) >= 11 is 0. The van der Waals surface area contributed by atoms with E-state index in [2.05, 4.69) is 158 Å². The van der Waals surface area contributed by atoms with Crippen LogP contribution in [0.4, 0.5) is 5.69 Å². The van der Waals surface area contributed by atoms with Crippen molar-refractivity contribution in [3.63, 3.8) is 0 Å². The zero-order valence-electron chi connectivity index (χ0n) is 37.8. The van der Waals surface area contributed by atoms with Crippen LogP contribution in [0.15, 0.2) is 121 Å². The second-order valence-corrected chi connectivity index (χ2v) is 17.6. The summed E-state index contributed by atoms with van der Waals surface area (Å²) in [6, 6.07) is 44.3. The van der Waals surface area contributed by atoms with Gasteiger partial charge < -0.3 is 15.7 Å². The molecule has 3 aromatic heterocycles. The van der Waals surface area contributed by atoms with Crippen LogP contribution >= 0.6 is 0 Å². The third kappa shape index (κ3) is 9.31. The number of nitrogens with zero attached hydrogens (tertiary/aromatic N) is 2. The molecule has 2 aliphatic heterocycles. The molecular formula is C59H61N5. The van der Waals surface area contributed by atoms with E-state index in [1.807, 2.05) is 18.2 Å². The summed E-state index contributed by atoms with van der Waals surface area (Å²) in [4.78, 5) is 18.9. The zero-order chi connectivity index (χ0) is 43.8. The van der Waals surface area contributed by atoms with E-state index in [-0.39, 0.29) is 0 Å². The summed E-state index contributed by atoms with van der Waals surface area (Å²) in [6.07, 6.45) is 22.9. The van der Waals surface area contributed by atoms with E-state index < -0.39 is 0 Å². The van der Waals surface area contributed by atoms with Crippen LogP contribution in [0, 0.1) is 0 Å². The van der Waals surface area contributed by atoms with E-state index in [4.69, 9.17) is 15.7 Å². The number of unbranched alkanes of at least 4 members (excludes halogenated alkanes) is 6. The number of nitrogens with two attached hydrogens (primary N) is 1. The molecule has 0 radical (unpaired) electrons. The van der Waals surface area contributed by atoms with Gasteiger partial charge in [-0.05, 0) is 138 Å². The van der Waals surface area contributed by atoms with Crippen LogP contribution in [0.25, 0.3) is 90.9 Å². The van der Waals surface area contributed by atoms with Crippen molar-refractivity contribution in [2.24, 2.45) is 0 Å². The zero-order valence-corrected chi connectivity index (χ0v) is 37.8. The molecular weight excluding hydrogens is 779 g/mol. The van der Waals surface area contributed by atoms with E-state index in [1.54, 1.807) is 0 Å². The van der Waals surface area contributed by atoms with Crippen molar-refractivity contribution in [3.05, 3.63) is 161 Å². The number of hydrogen-bond acceptors (Lipinski definition) is 3. The fraction of sp³-hybridized carbons (Fsp3) is 0.254. The minimum absolute atomic E-state index is 0.707. The average Bonchev–Trinajstić information content (AvgIpc) is 4.17. The van der Waals surface area contributed by atoms with Crippen molar-refractivity contribution in [1.82, 2.24) is 19.9 Å². The lowest BCUT2D eigenvalue weighted by Gasteiger charge is -2.09. The summed E-state index contributed by atoms with van der Waals surface area (Å²) in [6.45, 7) is 6.78. The van der Waals surface area contributed by atoms with Crippen LogP contribution in [0.3, 0.4) is 0 Å². The van der Waals surface area contributed by atoms with E-state index in [0.29, 0.717) is 5.69 Å². The SMILES string of the molecule is CCCCCc1ccc(-c2c3nc(c(-c4ccc(CCCCC)cc4)c4ccc([nH]4)c(-c4cccc(N)c4)c4nc(c(-c5ccc(CCCCC)cc5)c5ccc2[nH]5)C=C4)C=C3)cc1. The molecule has 0 saturated carbocycles. The molecule has 0 saturated heterocycles. The molecule has 4 N–H and O–H groups in total. The molecule has 0 fully saturated rings. The maximum atomic E-state index is 6.48. The standard InChI is InChI=1S/C59H61N5/c1-4-7-10-14-40-19-25-43(26-20-40)56-48-31-33-50(61-48)57(44-27-21-41(22-28-44)15-11-8-5-2)52-35-37-54(63-52)59(46-17-13-18-47(60)39-46)55-38-36-53(64-55)58(51-34-32-49(56)62-51)45-29-23-42(24-30-45)16-12-9-6-3/h13,17-39,61,64H,4-12,14-16,60H2,1-3H3. The Balaban J connectivity index is 1.33. The number of benzene rings is 4. The van der Waals surface area contributed by atoms with Gasteiger partial charge in [0.25, 0.3) is 0 Å². The second kappa shape index (κ2) is 19.8. The van der Waals surface area contributed by atoms with E-state index in [0.717, 1.165) is 109 Å². The molecule has 0 unspecified atom stereocenters. The topological polar surface area (TPSA) is 83.4 Å². The predicted octanol–water partition coefficient (Wildman–Crippen LogP) is 16.1. The summed E-state index contributed by atoms with van der Waals surface area (Å²) < 4.78 is 0. The van der Waals surface area contributed by atoms with Gasteiger partial charge in [0.2, 0.25) is 0 Å². The van der Waals surface area contributed by atoms with Crippen molar-refractivity contribution >= 4 is 52.1 Å². The van der Waals surface area contributed by atoms with Gasteiger partial charge in [-0.3, -0.25) is 0 Å². The summed E-state index contributed by atoms with van der Waals surface area (Å²) in [5.74, 6) is 0. The molecule has 8 bridgehead atoms. The smallest absolute Gasteiger partial charge is 0.0737 e. The molecule has 5 nitrogen and oxygen atoms in total. The minimum atomic E-state index is 0.707. The van der Waals surface area contributed by atoms with Gasteiger partial charge in [-0.2, -0.15) is 0 Å². The number of nitrogen functional groups attached to an aromatic ring is 1. The lowest BCUT2D eigenvalue weighted by atomic mass is 10.00. The first-order valence-electron chi connectivity index (χ1n) is 23.8. The molecule has 322 valence electrons. The van der Waals surface area contributed by atoms with Crippen LogP contribution in [-0.4, -0.2) is 19.9 Å². The predicted molar refractivity (Wildman–Crippen MR) is 275 cm³/mol. The van der Waals surface area contributed by atoms with Crippen molar-refractivity contribution in [3.8, 4) is 44.5 Å². The normalized spacial score (nSPS) is 12.0. The first kappa shape index (κ1) is 42.6. The van der Waals surface area contributed by atoms with Crippen LogP contribution in [-0.2, 0) is 19.3 Å². The van der Waals surface area contributed by atoms with E-state index in [9.17, 15) is 0 Å². The number of fused-ring (bicyclic) bond motifs is 8. The van der Waals surface area contributed by atoms with E-state index >= 15 is 0 Å². The number of rotatable bonds is 16. The first-order chi connectivity index (χ1) is 31.5. The third-order valence-corrected chi connectivity index (χ3v) is 12.9. The van der Waals surface area contributed by atoms with Crippen LogP contribution in [0.1, 0.15) is 118 Å². The van der Waals surface area contributed by atoms with Gasteiger partial charge in [0, 0.05) is 50.0 Å². The number of hydrogen-bond donors (Lipinski definition) is 3. The highest BCUT2D eigenvalue weighted by Gasteiger charge is 2.19. The van der Waals surface area contributed by atoms with Gasteiger partial charge in [0.1, 0.15) is 0 Å². The Morgan fingerprint density at radius 1 is 0.375 bits per heavy atom. The molecule has 5 heterocycles. The van der Waals surface area contributed by atoms with Gasteiger partial charge in [0.05, 0.1) is 22.8 Å². The second-order valence-electron chi connectivity index (χ2n) is 17.6. The molecule has 0 aliphatic carbocycles. The highest BCUT2D eigenvalue weighted by atomic mass is 14.8. The van der Waals surface area contributed by atoms with Crippen molar-refractivity contribution < 1.29 is 0 Å². The van der Waals surface area contributed by atoms with Crippen molar-refractivity contribution in [1.29, 1.82) is 0 Å². The van der Waals surface area contributed by atoms with Crippen LogP contribution in [0.5, 0.6) is 0 Å². The van der Waals surface area contributed by atoms with Crippen LogP contribution < -0.4 is 5.73 Å². The fourth-order valence-corrected chi connectivity index (χ4v) is 9.37. The lowest BCUT2D eigenvalue weighted by Crippen LogP contribution is -1.91. The summed E-state index contributed by atoms with van der Waals surface area (Å²) in [5, 5.41) is 0. The quantitative estimate of drug-likeness (QED) is 0.0669. The Kier molecular flexibility index (Phi) is 13.1. The Morgan fingerprint density at radius 3 is 1.02 bits per heavy atom. The number of aryl methyl sites for hydroxylation is 3. The largest absolute Gasteiger partial charge is 0.399 e. The Hall–Kier alpha value is -6.72. The van der Waals surface area contributed by atoms with Gasteiger partial charge in [-0.1, -0.05) is 144 Å². The average molecular weight is 840 g/mol. The van der Waals surface area contributed by atoms with Gasteiger partial charge in [-0.25, -0.2) is 9.97 Å². The first-order valence-corrected chi connectivity index (χ1v) is 23.8. The highest BCUT2D eigenvalue weighted by Crippen LogP contribution is 2.39. The van der Waals surface area contributed by atoms with Gasteiger partial charge in [-0.15, -0.1) is 0 Å². The maximum absolute atomic E-state index is 6.48. The molecule has 64 heavy (non-hydrogen) atoms. The molecule has 2 aliphatic rings. The number of aromatic amines is 2. The summed E-state index contributed by atoms with van der Waals surface area (Å²) in [5.41, 5.74) is 27.4. The Labute approximate surface area is 379 Å². The molecule has 5 heteroatoms. The number of anilines is 1. The fourth-order valence-electron chi connectivity index (χ4n) is 9.37. The summed E-state index contributed by atoms with van der Waals surface area (Å²) in [7, 11) is 0. The number of nitrogens with one attached hydrogen (secondary N) is 2. The molecule has 4 aromatic carbocycles. The number of H-pyrrole nitrogens is 2. The van der Waals surface area contributed by atoms with Gasteiger partial charge >= 0.3 is 0 Å². The molecule has 0 amide bonds. The van der Waals surface area contributed by atoms with Crippen molar-refractivity contribution in [2.45, 2.75) is 97.8 Å². The Bertz CT molecular complexity index is 2910. The highest BCUT2D eigenvalue weighted by molar-refractivity contribution is 6.00. The molecule has 0 atom stereocenters. The van der Waals surface area contributed by atoms with Gasteiger partial charge in [0.15, 0.2) is 0 Å². The molecule has 7 aromatic rings. The number of aromatic nitrogens is 4. The minimum Gasteiger partial charge on any atom is -0.399 e. The molecule has 9 rings (SSSR count). The maximum Gasteiger partial charge on any atom is 0.0737 e. The van der Waals surface area contributed by atoms with Crippen molar-refractivity contribution in [2.75, 3.05) is 5.73 Å². The monoisotopic (exact) mass is 839 g/mol.